The number of ether oxygens (including phenoxy) is 1. The molecule has 8 heteroatoms. The lowest BCUT2D eigenvalue weighted by Gasteiger charge is -2.13. The van der Waals surface area contributed by atoms with Crippen molar-refractivity contribution < 1.29 is 19.1 Å². The highest BCUT2D eigenvalue weighted by Gasteiger charge is 2.25. The van der Waals surface area contributed by atoms with Gasteiger partial charge in [-0.2, -0.15) is 0 Å². The summed E-state index contributed by atoms with van der Waals surface area (Å²) in [6.07, 6.45) is 1.35. The highest BCUT2D eigenvalue weighted by Crippen LogP contribution is 2.25. The molecule has 0 aromatic carbocycles. The van der Waals surface area contributed by atoms with Crippen LogP contribution >= 0.6 is 11.3 Å². The largest absolute Gasteiger partial charge is 0.457 e. The monoisotopic (exact) mass is 403 g/mol. The smallest absolute Gasteiger partial charge is 0.312 e. The van der Waals surface area contributed by atoms with Gasteiger partial charge in [-0.3, -0.25) is 19.3 Å². The number of anilines is 1. The molecular weight excluding hydrogens is 378 g/mol. The molecule has 0 spiro atoms. The second-order valence-electron chi connectivity index (χ2n) is 7.28. The zero-order valence-corrected chi connectivity index (χ0v) is 17.5. The van der Waals surface area contributed by atoms with Gasteiger partial charge in [-0.15, -0.1) is 11.3 Å². The molecule has 28 heavy (non-hydrogen) atoms. The fraction of sp³-hybridized carbons (Fsp3) is 0.500. The van der Waals surface area contributed by atoms with E-state index in [1.807, 2.05) is 19.9 Å². The van der Waals surface area contributed by atoms with Gasteiger partial charge < -0.3 is 9.30 Å². The van der Waals surface area contributed by atoms with Crippen molar-refractivity contribution in [1.29, 1.82) is 0 Å². The maximum atomic E-state index is 12.5. The second kappa shape index (κ2) is 8.26. The fourth-order valence-corrected chi connectivity index (χ4v) is 4.50. The Balaban J connectivity index is 1.56. The lowest BCUT2D eigenvalue weighted by molar-refractivity contribution is -0.141. The molecule has 1 fully saturated rings. The van der Waals surface area contributed by atoms with Crippen LogP contribution < -0.4 is 4.90 Å². The second-order valence-corrected chi connectivity index (χ2v) is 8.12. The number of aromatic nitrogens is 2. The van der Waals surface area contributed by atoms with E-state index in [4.69, 9.17) is 4.74 Å². The Morgan fingerprint density at radius 2 is 2.07 bits per heavy atom. The number of ketones is 1. The number of thiazole rings is 1. The predicted molar refractivity (Wildman–Crippen MR) is 107 cm³/mol. The first-order chi connectivity index (χ1) is 13.3. The number of esters is 1. The van der Waals surface area contributed by atoms with Gasteiger partial charge in [0.2, 0.25) is 11.7 Å². The van der Waals surface area contributed by atoms with Crippen LogP contribution in [0.15, 0.2) is 11.4 Å². The summed E-state index contributed by atoms with van der Waals surface area (Å²) in [6.45, 7) is 8.36. The maximum absolute atomic E-state index is 12.5. The van der Waals surface area contributed by atoms with E-state index in [2.05, 4.69) is 23.4 Å². The van der Waals surface area contributed by atoms with E-state index in [0.717, 1.165) is 17.8 Å². The van der Waals surface area contributed by atoms with Crippen molar-refractivity contribution in [3.8, 4) is 0 Å². The van der Waals surface area contributed by atoms with Crippen LogP contribution in [0, 0.1) is 13.8 Å². The normalized spacial score (nSPS) is 14.2. The summed E-state index contributed by atoms with van der Waals surface area (Å²) in [4.78, 5) is 42.4. The van der Waals surface area contributed by atoms with Crippen molar-refractivity contribution in [2.45, 2.75) is 53.0 Å². The number of Topliss-reactive ketones (excluding diaryl/α,β-unsaturated/α-hetero) is 1. The number of carbonyl (C=O) groups is 3. The first-order valence-corrected chi connectivity index (χ1v) is 10.3. The Labute approximate surface area is 168 Å². The summed E-state index contributed by atoms with van der Waals surface area (Å²) < 4.78 is 7.26. The zero-order valence-electron chi connectivity index (χ0n) is 16.7. The molecule has 1 amide bonds. The lowest BCUT2D eigenvalue weighted by atomic mass is 10.1. The Morgan fingerprint density at radius 1 is 1.32 bits per heavy atom. The number of hydrogen-bond acceptors (Lipinski definition) is 6. The van der Waals surface area contributed by atoms with Crippen LogP contribution in [0.1, 0.15) is 60.2 Å². The van der Waals surface area contributed by atoms with Gasteiger partial charge >= 0.3 is 5.97 Å². The highest BCUT2D eigenvalue weighted by molar-refractivity contribution is 7.14. The van der Waals surface area contributed by atoms with Crippen LogP contribution in [-0.4, -0.2) is 40.4 Å². The van der Waals surface area contributed by atoms with E-state index in [1.54, 1.807) is 10.3 Å². The van der Waals surface area contributed by atoms with Crippen molar-refractivity contribution in [3.63, 3.8) is 0 Å². The summed E-state index contributed by atoms with van der Waals surface area (Å²) in [5, 5.41) is 2.36. The van der Waals surface area contributed by atoms with E-state index >= 15 is 0 Å². The molecule has 0 aliphatic carbocycles. The molecule has 1 saturated heterocycles. The topological polar surface area (TPSA) is 81.5 Å². The van der Waals surface area contributed by atoms with Crippen LogP contribution in [0.5, 0.6) is 0 Å². The summed E-state index contributed by atoms with van der Waals surface area (Å²) in [6, 6.07) is 2.09. The van der Waals surface area contributed by atoms with E-state index in [-0.39, 0.29) is 30.8 Å². The quantitative estimate of drug-likeness (QED) is 0.524. The van der Waals surface area contributed by atoms with Crippen LogP contribution in [0.2, 0.25) is 0 Å². The van der Waals surface area contributed by atoms with E-state index in [9.17, 15) is 14.4 Å². The number of amides is 1. The van der Waals surface area contributed by atoms with Crippen molar-refractivity contribution >= 4 is 34.1 Å². The Kier molecular flexibility index (Phi) is 5.98. The molecule has 0 N–H and O–H groups in total. The third kappa shape index (κ3) is 4.16. The molecule has 150 valence electrons. The molecule has 1 aliphatic heterocycles. The van der Waals surface area contributed by atoms with Crippen LogP contribution in [0.3, 0.4) is 0 Å². The molecule has 2 aromatic heterocycles. The van der Waals surface area contributed by atoms with Crippen LogP contribution in [0.4, 0.5) is 5.13 Å². The average molecular weight is 404 g/mol. The van der Waals surface area contributed by atoms with Gasteiger partial charge in [-0.25, -0.2) is 4.98 Å². The van der Waals surface area contributed by atoms with Gasteiger partial charge in [-0.1, -0.05) is 0 Å². The minimum absolute atomic E-state index is 0.0170. The number of carbonyl (C=O) groups excluding carboxylic acids is 3. The Morgan fingerprint density at radius 3 is 2.68 bits per heavy atom. The Bertz CT molecular complexity index is 913. The zero-order chi connectivity index (χ0) is 20.4. The third-order valence-corrected chi connectivity index (χ3v) is 5.75. The van der Waals surface area contributed by atoms with Gasteiger partial charge in [-0.05, 0) is 40.2 Å². The van der Waals surface area contributed by atoms with Gasteiger partial charge in [0.15, 0.2) is 11.7 Å². The minimum atomic E-state index is -0.504. The first kappa shape index (κ1) is 20.3. The van der Waals surface area contributed by atoms with Gasteiger partial charge in [0.1, 0.15) is 0 Å². The maximum Gasteiger partial charge on any atom is 0.312 e. The molecule has 1 aliphatic rings. The van der Waals surface area contributed by atoms with Crippen molar-refractivity contribution in [2.75, 3.05) is 18.1 Å². The fourth-order valence-electron chi connectivity index (χ4n) is 3.63. The minimum Gasteiger partial charge on any atom is -0.457 e. The van der Waals surface area contributed by atoms with E-state index in [0.29, 0.717) is 29.4 Å². The molecule has 3 heterocycles. The molecular formula is C20H25N3O4S. The highest BCUT2D eigenvalue weighted by atomic mass is 32.1. The molecule has 3 rings (SSSR count). The van der Waals surface area contributed by atoms with Gasteiger partial charge in [0.25, 0.3) is 0 Å². The molecule has 0 unspecified atom stereocenters. The number of aryl methyl sites for hydroxylation is 1. The first-order valence-electron chi connectivity index (χ1n) is 9.40. The third-order valence-electron chi connectivity index (χ3n) is 4.83. The predicted octanol–water partition coefficient (Wildman–Crippen LogP) is 3.24. The van der Waals surface area contributed by atoms with E-state index < -0.39 is 5.97 Å². The SMILES string of the molecule is Cc1cc(C(=O)COC(=O)Cc2csc(N3CCCC3=O)n2)c(C)n1C(C)C. The molecule has 2 aromatic rings. The van der Waals surface area contributed by atoms with Crippen LogP contribution in [-0.2, 0) is 20.7 Å². The summed E-state index contributed by atoms with van der Waals surface area (Å²) >= 11 is 1.34. The van der Waals surface area contributed by atoms with Gasteiger partial charge in [0, 0.05) is 41.3 Å². The molecule has 7 nitrogen and oxygen atoms in total. The molecule has 0 atom stereocenters. The van der Waals surface area contributed by atoms with Crippen molar-refractivity contribution in [2.24, 2.45) is 0 Å². The van der Waals surface area contributed by atoms with E-state index in [1.165, 1.54) is 11.3 Å². The summed E-state index contributed by atoms with van der Waals surface area (Å²) in [5.41, 5.74) is 3.03. The van der Waals surface area contributed by atoms with Crippen LogP contribution in [0.25, 0.3) is 0 Å². The molecule has 0 radical (unpaired) electrons. The number of hydrogen-bond donors (Lipinski definition) is 0. The standard InChI is InChI=1S/C20H25N3O4S/c1-12(2)23-13(3)8-16(14(23)4)17(24)10-27-19(26)9-15-11-28-20(21-15)22-7-5-6-18(22)25/h8,11-12H,5-7,9-10H2,1-4H3. The molecule has 0 saturated carbocycles. The Hall–Kier alpha value is -2.48. The average Bonchev–Trinajstić information content (AvgIpc) is 3.32. The number of nitrogens with zero attached hydrogens (tertiary/aromatic N) is 3. The lowest BCUT2D eigenvalue weighted by Crippen LogP contribution is -2.23. The molecule has 0 bridgehead atoms. The van der Waals surface area contributed by atoms with Crippen molar-refractivity contribution in [1.82, 2.24) is 9.55 Å². The number of rotatable bonds is 7. The van der Waals surface area contributed by atoms with Crippen molar-refractivity contribution in [3.05, 3.63) is 34.1 Å². The summed E-state index contributed by atoms with van der Waals surface area (Å²) in [5.74, 6) is -0.654. The van der Waals surface area contributed by atoms with Gasteiger partial charge in [0.05, 0.1) is 12.1 Å². The summed E-state index contributed by atoms with van der Waals surface area (Å²) in [7, 11) is 0.